The largest absolute Gasteiger partial charge is 0.481 e. The molecule has 0 saturated heterocycles. The zero-order valence-electron chi connectivity index (χ0n) is 23.3. The Morgan fingerprint density at radius 3 is 1.36 bits per heavy atom. The Balaban J connectivity index is -0.000000611. The van der Waals surface area contributed by atoms with Crippen molar-refractivity contribution in [3.05, 3.63) is 0 Å². The third-order valence-electron chi connectivity index (χ3n) is 5.95. The van der Waals surface area contributed by atoms with Gasteiger partial charge in [0.15, 0.2) is 0 Å². The monoisotopic (exact) mass is 474 g/mol. The lowest BCUT2D eigenvalue weighted by Gasteiger charge is -2.19. The standard InChI is InChI=1S/C17H34O4.2C6H14/c1-2-3-7-10-15(13-16(19)14-18)11-8-5-4-6-9-12-17(20)21;2*1-3-5-6-4-2/h15-16,18-19H,2-14H2,1H3,(H,20,21);2*3-6H2,1-2H3. The van der Waals surface area contributed by atoms with Crippen molar-refractivity contribution in [1.82, 2.24) is 0 Å². The number of hydrogen-bond acceptors (Lipinski definition) is 3. The number of carboxylic acids is 1. The summed E-state index contributed by atoms with van der Waals surface area (Å²) in [6.45, 7) is 11.0. The molecule has 202 valence electrons. The highest BCUT2D eigenvalue weighted by molar-refractivity contribution is 5.66. The van der Waals surface area contributed by atoms with E-state index < -0.39 is 12.1 Å². The molecule has 0 bridgehead atoms. The molecular formula is C29H62O4. The molecule has 0 aliphatic rings. The van der Waals surface area contributed by atoms with Crippen molar-refractivity contribution in [3.63, 3.8) is 0 Å². The van der Waals surface area contributed by atoms with E-state index in [0.717, 1.165) is 44.9 Å². The fourth-order valence-corrected chi connectivity index (χ4v) is 3.76. The molecule has 0 radical (unpaired) electrons. The molecule has 0 aromatic carbocycles. The van der Waals surface area contributed by atoms with Crippen LogP contribution < -0.4 is 0 Å². The maximum atomic E-state index is 10.4. The van der Waals surface area contributed by atoms with Crippen LogP contribution in [-0.4, -0.2) is 34.0 Å². The van der Waals surface area contributed by atoms with Crippen molar-refractivity contribution in [2.45, 2.75) is 169 Å². The lowest BCUT2D eigenvalue weighted by molar-refractivity contribution is -0.137. The smallest absolute Gasteiger partial charge is 0.303 e. The van der Waals surface area contributed by atoms with Gasteiger partial charge in [-0.25, -0.2) is 0 Å². The minimum Gasteiger partial charge on any atom is -0.481 e. The van der Waals surface area contributed by atoms with Crippen LogP contribution in [0, 0.1) is 5.92 Å². The van der Waals surface area contributed by atoms with Gasteiger partial charge in [0, 0.05) is 6.42 Å². The van der Waals surface area contributed by atoms with Crippen LogP contribution in [0.2, 0.25) is 0 Å². The number of aliphatic hydroxyl groups excluding tert-OH is 2. The highest BCUT2D eigenvalue weighted by atomic mass is 16.4. The van der Waals surface area contributed by atoms with E-state index >= 15 is 0 Å². The van der Waals surface area contributed by atoms with E-state index in [1.54, 1.807) is 0 Å². The van der Waals surface area contributed by atoms with Crippen molar-refractivity contribution in [1.29, 1.82) is 0 Å². The Bertz CT molecular complexity index is 331. The second kappa shape index (κ2) is 33.6. The summed E-state index contributed by atoms with van der Waals surface area (Å²) >= 11 is 0. The minimum atomic E-state index is -0.705. The predicted molar refractivity (Wildman–Crippen MR) is 145 cm³/mol. The molecule has 0 aliphatic heterocycles. The van der Waals surface area contributed by atoms with Crippen molar-refractivity contribution in [2.75, 3.05) is 6.61 Å². The van der Waals surface area contributed by atoms with Crippen molar-refractivity contribution >= 4 is 5.97 Å². The molecule has 0 heterocycles. The molecule has 0 aromatic rings. The summed E-state index contributed by atoms with van der Waals surface area (Å²) in [5, 5.41) is 27.1. The molecule has 4 heteroatoms. The first kappa shape index (κ1) is 36.9. The highest BCUT2D eigenvalue weighted by Crippen LogP contribution is 2.23. The first-order valence-corrected chi connectivity index (χ1v) is 14.4. The second-order valence-corrected chi connectivity index (χ2v) is 9.55. The predicted octanol–water partition coefficient (Wildman–Crippen LogP) is 8.91. The van der Waals surface area contributed by atoms with Gasteiger partial charge in [-0.3, -0.25) is 4.79 Å². The summed E-state index contributed by atoms with van der Waals surface area (Å²) in [5.74, 6) is -0.193. The number of rotatable bonds is 21. The maximum Gasteiger partial charge on any atom is 0.303 e. The van der Waals surface area contributed by atoms with Crippen molar-refractivity contribution < 1.29 is 20.1 Å². The van der Waals surface area contributed by atoms with Crippen LogP contribution in [0.5, 0.6) is 0 Å². The van der Waals surface area contributed by atoms with Gasteiger partial charge in [0.05, 0.1) is 12.7 Å². The quantitative estimate of drug-likeness (QED) is 0.145. The third kappa shape index (κ3) is 38.9. The molecule has 0 saturated carbocycles. The first-order chi connectivity index (χ1) is 15.9. The van der Waals surface area contributed by atoms with Crippen LogP contribution in [0.1, 0.15) is 163 Å². The molecule has 2 unspecified atom stereocenters. The van der Waals surface area contributed by atoms with E-state index in [1.807, 2.05) is 0 Å². The SMILES string of the molecule is CCCCCC.CCCCCC.CCCCCC(CCCCCCCC(=O)O)CC(O)CO. The van der Waals surface area contributed by atoms with Gasteiger partial charge in [-0.2, -0.15) is 0 Å². The van der Waals surface area contributed by atoms with Gasteiger partial charge in [-0.05, 0) is 18.8 Å². The van der Waals surface area contributed by atoms with Crippen molar-refractivity contribution in [2.24, 2.45) is 5.92 Å². The topological polar surface area (TPSA) is 77.8 Å². The molecular weight excluding hydrogens is 412 g/mol. The van der Waals surface area contributed by atoms with Gasteiger partial charge in [0.2, 0.25) is 0 Å². The normalized spacial score (nSPS) is 12.2. The van der Waals surface area contributed by atoms with Gasteiger partial charge >= 0.3 is 5.97 Å². The van der Waals surface area contributed by atoms with Crippen LogP contribution in [0.25, 0.3) is 0 Å². The number of aliphatic hydroxyl groups is 2. The number of unbranched alkanes of at least 4 members (excludes halogenated alkanes) is 12. The van der Waals surface area contributed by atoms with E-state index in [9.17, 15) is 9.90 Å². The third-order valence-corrected chi connectivity index (χ3v) is 5.95. The summed E-state index contributed by atoms with van der Waals surface area (Å²) in [5.41, 5.74) is 0. The summed E-state index contributed by atoms with van der Waals surface area (Å²) in [6.07, 6.45) is 22.5. The zero-order valence-corrected chi connectivity index (χ0v) is 23.3. The molecule has 0 rings (SSSR count). The molecule has 0 aromatic heterocycles. The van der Waals surface area contributed by atoms with Crippen molar-refractivity contribution in [3.8, 4) is 0 Å². The fourth-order valence-electron chi connectivity index (χ4n) is 3.76. The van der Waals surface area contributed by atoms with E-state index in [-0.39, 0.29) is 13.0 Å². The fraction of sp³-hybridized carbons (Fsp3) is 0.966. The summed E-state index contributed by atoms with van der Waals surface area (Å²) in [4.78, 5) is 10.4. The number of aliphatic carboxylic acids is 1. The number of hydrogen-bond donors (Lipinski definition) is 3. The number of carbonyl (C=O) groups is 1. The second-order valence-electron chi connectivity index (χ2n) is 9.55. The minimum absolute atomic E-state index is 0.139. The maximum absolute atomic E-state index is 10.4. The van der Waals surface area contributed by atoms with E-state index in [2.05, 4.69) is 34.6 Å². The Hall–Kier alpha value is -0.610. The molecule has 4 nitrogen and oxygen atoms in total. The average molecular weight is 475 g/mol. The van der Waals surface area contributed by atoms with Gasteiger partial charge in [-0.1, -0.05) is 144 Å². The Morgan fingerprint density at radius 2 is 0.970 bits per heavy atom. The summed E-state index contributed by atoms with van der Waals surface area (Å²) < 4.78 is 0. The van der Waals surface area contributed by atoms with Crippen LogP contribution in [0.3, 0.4) is 0 Å². The van der Waals surface area contributed by atoms with Gasteiger partial charge in [0.1, 0.15) is 0 Å². The summed E-state index contributed by atoms with van der Waals surface area (Å²) in [6, 6.07) is 0. The summed E-state index contributed by atoms with van der Waals surface area (Å²) in [7, 11) is 0. The Kier molecular flexibility index (Phi) is 37.6. The number of carboxylic acid groups (broad SMARTS) is 1. The molecule has 0 spiro atoms. The Morgan fingerprint density at radius 1 is 0.606 bits per heavy atom. The molecule has 0 fully saturated rings. The van der Waals surface area contributed by atoms with Crippen LogP contribution in [0.15, 0.2) is 0 Å². The molecule has 3 N–H and O–H groups in total. The van der Waals surface area contributed by atoms with Crippen LogP contribution >= 0.6 is 0 Å². The van der Waals surface area contributed by atoms with E-state index in [4.69, 9.17) is 10.2 Å². The van der Waals surface area contributed by atoms with Gasteiger partial charge in [0.25, 0.3) is 0 Å². The highest BCUT2D eigenvalue weighted by Gasteiger charge is 2.13. The Labute approximate surface area is 208 Å². The lowest BCUT2D eigenvalue weighted by atomic mass is 9.90. The molecule has 33 heavy (non-hydrogen) atoms. The van der Waals surface area contributed by atoms with E-state index in [1.165, 1.54) is 70.6 Å². The first-order valence-electron chi connectivity index (χ1n) is 14.4. The zero-order chi connectivity index (χ0) is 25.6. The molecule has 2 atom stereocenters. The van der Waals surface area contributed by atoms with Crippen LogP contribution in [-0.2, 0) is 4.79 Å². The average Bonchev–Trinajstić information content (AvgIpc) is 2.81. The lowest BCUT2D eigenvalue weighted by Crippen LogP contribution is -2.17. The molecule has 0 aliphatic carbocycles. The van der Waals surface area contributed by atoms with Crippen LogP contribution in [0.4, 0.5) is 0 Å². The molecule has 0 amide bonds. The van der Waals surface area contributed by atoms with E-state index in [0.29, 0.717) is 12.3 Å². The van der Waals surface area contributed by atoms with Gasteiger partial charge < -0.3 is 15.3 Å². The van der Waals surface area contributed by atoms with Gasteiger partial charge in [-0.15, -0.1) is 0 Å².